The fraction of sp³-hybridized carbons (Fsp3) is 0.542. The molecule has 2 fully saturated rings. The summed E-state index contributed by atoms with van der Waals surface area (Å²) in [5, 5.41) is 0. The Morgan fingerprint density at radius 3 is 2.52 bits per heavy atom. The fourth-order valence-corrected chi connectivity index (χ4v) is 4.02. The van der Waals surface area contributed by atoms with E-state index in [9.17, 15) is 4.79 Å². The van der Waals surface area contributed by atoms with Gasteiger partial charge in [-0.1, -0.05) is 42.5 Å². The molecule has 0 unspecified atom stereocenters. The van der Waals surface area contributed by atoms with E-state index in [0.29, 0.717) is 6.61 Å². The van der Waals surface area contributed by atoms with Crippen LogP contribution in [-0.2, 0) is 23.7 Å². The average molecular weight is 432 g/mol. The minimum absolute atomic E-state index is 0.282. The van der Waals surface area contributed by atoms with Crippen LogP contribution in [0.15, 0.2) is 55.6 Å². The Labute approximate surface area is 184 Å². The third-order valence-electron chi connectivity index (χ3n) is 5.30. The molecule has 2 heterocycles. The van der Waals surface area contributed by atoms with Crippen LogP contribution in [0.25, 0.3) is 0 Å². The summed E-state index contributed by atoms with van der Waals surface area (Å²) in [5.41, 5.74) is 0.255. The molecule has 1 amide bonds. The summed E-state index contributed by atoms with van der Waals surface area (Å²) in [6.45, 7) is 13.9. The fourth-order valence-electron chi connectivity index (χ4n) is 4.02. The van der Waals surface area contributed by atoms with Gasteiger partial charge >= 0.3 is 6.09 Å². The number of hydrogen-bond donors (Lipinski definition) is 0. The van der Waals surface area contributed by atoms with Gasteiger partial charge in [-0.25, -0.2) is 4.79 Å². The Hall–Kier alpha value is -2.19. The Morgan fingerprint density at radius 2 is 1.94 bits per heavy atom. The van der Waals surface area contributed by atoms with Crippen LogP contribution in [0.1, 0.15) is 32.6 Å². The van der Waals surface area contributed by atoms with Crippen molar-refractivity contribution in [1.82, 2.24) is 4.90 Å². The third-order valence-corrected chi connectivity index (χ3v) is 5.30. The van der Waals surface area contributed by atoms with Crippen molar-refractivity contribution < 1.29 is 28.5 Å². The Kier molecular flexibility index (Phi) is 7.54. The molecule has 31 heavy (non-hydrogen) atoms. The average Bonchev–Trinajstić information content (AvgIpc) is 2.75. The van der Waals surface area contributed by atoms with Crippen LogP contribution >= 0.6 is 0 Å². The first-order chi connectivity index (χ1) is 14.8. The molecule has 170 valence electrons. The molecule has 0 spiro atoms. The molecule has 7 nitrogen and oxygen atoms in total. The second-order valence-electron chi connectivity index (χ2n) is 8.68. The predicted octanol–water partition coefficient (Wildman–Crippen LogP) is 4.07. The van der Waals surface area contributed by atoms with E-state index in [-0.39, 0.29) is 12.5 Å². The second kappa shape index (κ2) is 9.96. The molecule has 0 radical (unpaired) electrons. The van der Waals surface area contributed by atoms with E-state index in [0.717, 1.165) is 5.56 Å². The molecule has 2 aliphatic heterocycles. The quantitative estimate of drug-likeness (QED) is 0.633. The number of methoxy groups -OCH3 is 1. The monoisotopic (exact) mass is 431 g/mol. The topological polar surface area (TPSA) is 66.5 Å². The van der Waals surface area contributed by atoms with Gasteiger partial charge in [0, 0.05) is 19.2 Å². The molecule has 1 aromatic rings. The lowest BCUT2D eigenvalue weighted by Crippen LogP contribution is -2.65. The molecular formula is C24H33NO6. The highest BCUT2D eigenvalue weighted by atomic mass is 16.7. The van der Waals surface area contributed by atoms with Crippen molar-refractivity contribution in [1.29, 1.82) is 0 Å². The van der Waals surface area contributed by atoms with Gasteiger partial charge in [-0.3, -0.25) is 4.90 Å². The summed E-state index contributed by atoms with van der Waals surface area (Å²) in [7, 11) is 1.57. The summed E-state index contributed by atoms with van der Waals surface area (Å²) in [6, 6.07) is 9.25. The number of ether oxygens (including phenoxy) is 5. The lowest BCUT2D eigenvalue weighted by Gasteiger charge is -2.51. The maximum Gasteiger partial charge on any atom is 0.410 e. The minimum atomic E-state index is -0.644. The van der Waals surface area contributed by atoms with Crippen LogP contribution in [0.4, 0.5) is 4.79 Å². The summed E-state index contributed by atoms with van der Waals surface area (Å²) in [6.07, 6.45) is 0.907. The number of carbonyl (C=O) groups is 1. The van der Waals surface area contributed by atoms with Gasteiger partial charge in [0.2, 0.25) is 0 Å². The predicted molar refractivity (Wildman–Crippen MR) is 116 cm³/mol. The van der Waals surface area contributed by atoms with Crippen molar-refractivity contribution in [3.8, 4) is 0 Å². The van der Waals surface area contributed by atoms with E-state index < -0.39 is 42.5 Å². The molecular weight excluding hydrogens is 398 g/mol. The lowest BCUT2D eigenvalue weighted by atomic mass is 9.86. The second-order valence-corrected chi connectivity index (χ2v) is 8.68. The zero-order chi connectivity index (χ0) is 22.6. The summed E-state index contributed by atoms with van der Waals surface area (Å²) >= 11 is 0. The normalized spacial score (nSPS) is 30.7. The van der Waals surface area contributed by atoms with E-state index in [1.165, 1.54) is 0 Å². The van der Waals surface area contributed by atoms with E-state index in [4.69, 9.17) is 23.7 Å². The van der Waals surface area contributed by atoms with Gasteiger partial charge < -0.3 is 23.7 Å². The SMILES string of the molecule is C=CCN(C(=O)OC(C)(C)C)[C@H]1[C@H](C=C)[C@H](OC)O[C@@H]2CO[C@@H](c3ccccc3)O[C@@H]12. The van der Waals surface area contributed by atoms with E-state index >= 15 is 0 Å². The van der Waals surface area contributed by atoms with Crippen LogP contribution in [0, 0.1) is 5.92 Å². The maximum atomic E-state index is 13.2. The Bertz CT molecular complexity index is 761. The molecule has 1 aromatic carbocycles. The van der Waals surface area contributed by atoms with Gasteiger partial charge in [0.05, 0.1) is 18.6 Å². The maximum absolute atomic E-state index is 13.2. The van der Waals surface area contributed by atoms with Gasteiger partial charge in [0.15, 0.2) is 12.6 Å². The molecule has 0 aromatic heterocycles. The molecule has 7 heteroatoms. The molecule has 0 saturated carbocycles. The number of nitrogens with zero attached hydrogens (tertiary/aromatic N) is 1. The van der Waals surface area contributed by atoms with Gasteiger partial charge in [-0.15, -0.1) is 13.2 Å². The smallest absolute Gasteiger partial charge is 0.410 e. The van der Waals surface area contributed by atoms with Crippen LogP contribution in [-0.4, -0.2) is 61.4 Å². The number of rotatable bonds is 6. The summed E-state index contributed by atoms with van der Waals surface area (Å²) in [4.78, 5) is 14.8. The number of hydrogen-bond acceptors (Lipinski definition) is 6. The summed E-state index contributed by atoms with van der Waals surface area (Å²) in [5.74, 6) is -0.340. The largest absolute Gasteiger partial charge is 0.444 e. The van der Waals surface area contributed by atoms with Crippen molar-refractivity contribution in [2.75, 3.05) is 20.3 Å². The highest BCUT2D eigenvalue weighted by Crippen LogP contribution is 2.39. The highest BCUT2D eigenvalue weighted by molar-refractivity contribution is 5.69. The Balaban J connectivity index is 1.96. The van der Waals surface area contributed by atoms with Gasteiger partial charge in [-0.05, 0) is 20.8 Å². The molecule has 2 saturated heterocycles. The van der Waals surface area contributed by atoms with Crippen molar-refractivity contribution in [3.05, 3.63) is 61.2 Å². The summed E-state index contributed by atoms with van der Waals surface area (Å²) < 4.78 is 29.7. The van der Waals surface area contributed by atoms with Crippen molar-refractivity contribution in [2.45, 2.75) is 57.2 Å². The number of carbonyl (C=O) groups excluding carboxylic acids is 1. The van der Waals surface area contributed by atoms with Gasteiger partial charge in [0.1, 0.15) is 17.8 Å². The van der Waals surface area contributed by atoms with Crippen molar-refractivity contribution in [3.63, 3.8) is 0 Å². The van der Waals surface area contributed by atoms with Crippen LogP contribution in [0.2, 0.25) is 0 Å². The Morgan fingerprint density at radius 1 is 1.23 bits per heavy atom. The zero-order valence-electron chi connectivity index (χ0n) is 18.7. The standard InChI is InChI=1S/C24H33NO6/c1-7-14-25(23(26)31-24(3,4)5)19-17(8-2)22(27-6)29-18-15-28-21(30-20(18)19)16-12-10-9-11-13-16/h7-13,17-22H,1-2,14-15H2,3-6H3/t17-,18+,19-,20+,21+,22+/m0/s1. The number of benzene rings is 1. The lowest BCUT2D eigenvalue weighted by molar-refractivity contribution is -0.336. The first kappa shape index (κ1) is 23.5. The van der Waals surface area contributed by atoms with Crippen molar-refractivity contribution in [2.24, 2.45) is 5.92 Å². The van der Waals surface area contributed by atoms with Gasteiger partial charge in [-0.2, -0.15) is 0 Å². The molecule has 2 aliphatic rings. The van der Waals surface area contributed by atoms with Crippen LogP contribution in [0.5, 0.6) is 0 Å². The molecule has 6 atom stereocenters. The van der Waals surface area contributed by atoms with E-state index in [1.807, 2.05) is 51.1 Å². The van der Waals surface area contributed by atoms with Crippen LogP contribution < -0.4 is 0 Å². The van der Waals surface area contributed by atoms with E-state index in [1.54, 1.807) is 24.2 Å². The first-order valence-electron chi connectivity index (χ1n) is 10.5. The van der Waals surface area contributed by atoms with Crippen molar-refractivity contribution >= 4 is 6.09 Å². The molecule has 0 aliphatic carbocycles. The number of amides is 1. The van der Waals surface area contributed by atoms with E-state index in [2.05, 4.69) is 13.2 Å². The minimum Gasteiger partial charge on any atom is -0.444 e. The van der Waals surface area contributed by atoms with Crippen LogP contribution in [0.3, 0.4) is 0 Å². The molecule has 0 N–H and O–H groups in total. The van der Waals surface area contributed by atoms with Gasteiger partial charge in [0.25, 0.3) is 0 Å². The molecule has 0 bridgehead atoms. The third kappa shape index (κ3) is 5.36. The number of fused-ring (bicyclic) bond motifs is 1. The first-order valence-corrected chi connectivity index (χ1v) is 10.5. The highest BCUT2D eigenvalue weighted by Gasteiger charge is 2.52. The zero-order valence-corrected chi connectivity index (χ0v) is 18.7. The molecule has 3 rings (SSSR count).